The van der Waals surface area contributed by atoms with E-state index in [4.69, 9.17) is 14.6 Å². The molecule has 0 radical (unpaired) electrons. The van der Waals surface area contributed by atoms with Crippen molar-refractivity contribution in [2.75, 3.05) is 33.4 Å². The molecule has 0 aliphatic carbocycles. The van der Waals surface area contributed by atoms with Crippen LogP contribution in [0.3, 0.4) is 0 Å². The van der Waals surface area contributed by atoms with Gasteiger partial charge in [-0.05, 0) is 12.8 Å². The van der Waals surface area contributed by atoms with Gasteiger partial charge < -0.3 is 19.5 Å². The van der Waals surface area contributed by atoms with E-state index >= 15 is 0 Å². The molecule has 1 unspecified atom stereocenters. The van der Waals surface area contributed by atoms with Crippen molar-refractivity contribution in [3.05, 3.63) is 0 Å². The van der Waals surface area contributed by atoms with E-state index in [1.54, 1.807) is 12.0 Å². The van der Waals surface area contributed by atoms with Gasteiger partial charge in [0.15, 0.2) is 0 Å². The molecule has 0 aromatic carbocycles. The van der Waals surface area contributed by atoms with Gasteiger partial charge in [0, 0.05) is 33.2 Å². The van der Waals surface area contributed by atoms with Crippen LogP contribution in [0.5, 0.6) is 0 Å². The maximum atomic E-state index is 11.9. The molecule has 0 spiro atoms. The Hall–Kier alpha value is -1.14. The lowest BCUT2D eigenvalue weighted by molar-refractivity contribution is -0.154. The standard InChI is InChI=1S/C11H19NO5/c1-16-7-2-5-12-6-8-17-9(11(12)15)3-4-10(13)14/h9H,2-8H2,1H3,(H,13,14). The summed E-state index contributed by atoms with van der Waals surface area (Å²) < 4.78 is 10.2. The molecule has 1 fully saturated rings. The number of morpholine rings is 1. The largest absolute Gasteiger partial charge is 0.481 e. The van der Waals surface area contributed by atoms with Crippen LogP contribution in [-0.2, 0) is 19.1 Å². The third kappa shape index (κ3) is 4.70. The molecule has 1 aliphatic rings. The first-order valence-corrected chi connectivity index (χ1v) is 5.76. The number of aliphatic carboxylic acids is 1. The minimum Gasteiger partial charge on any atom is -0.481 e. The summed E-state index contributed by atoms with van der Waals surface area (Å²) in [6, 6.07) is 0. The molecule has 1 heterocycles. The number of carbonyl (C=O) groups is 2. The van der Waals surface area contributed by atoms with E-state index < -0.39 is 12.1 Å². The number of nitrogens with zero attached hydrogens (tertiary/aromatic N) is 1. The number of hydrogen-bond acceptors (Lipinski definition) is 4. The summed E-state index contributed by atoms with van der Waals surface area (Å²) >= 11 is 0. The number of carboxylic acid groups (broad SMARTS) is 1. The van der Waals surface area contributed by atoms with Crippen LogP contribution in [0.15, 0.2) is 0 Å². The molecule has 0 bridgehead atoms. The van der Waals surface area contributed by atoms with Crippen LogP contribution in [0, 0.1) is 0 Å². The van der Waals surface area contributed by atoms with Crippen molar-refractivity contribution in [3.63, 3.8) is 0 Å². The number of amides is 1. The fraction of sp³-hybridized carbons (Fsp3) is 0.818. The molecule has 0 aromatic rings. The van der Waals surface area contributed by atoms with Crippen molar-refractivity contribution in [3.8, 4) is 0 Å². The maximum Gasteiger partial charge on any atom is 0.303 e. The third-order valence-corrected chi connectivity index (χ3v) is 2.66. The lowest BCUT2D eigenvalue weighted by atomic mass is 10.1. The summed E-state index contributed by atoms with van der Waals surface area (Å²) in [4.78, 5) is 24.1. The Morgan fingerprint density at radius 1 is 1.65 bits per heavy atom. The van der Waals surface area contributed by atoms with Gasteiger partial charge in [-0.15, -0.1) is 0 Å². The second-order valence-electron chi connectivity index (χ2n) is 3.96. The van der Waals surface area contributed by atoms with Crippen LogP contribution in [-0.4, -0.2) is 61.4 Å². The average Bonchev–Trinajstić information content (AvgIpc) is 2.30. The van der Waals surface area contributed by atoms with E-state index in [9.17, 15) is 9.59 Å². The zero-order valence-corrected chi connectivity index (χ0v) is 10.1. The topological polar surface area (TPSA) is 76.1 Å². The molecule has 1 atom stereocenters. The Morgan fingerprint density at radius 2 is 2.41 bits per heavy atom. The number of rotatable bonds is 7. The fourth-order valence-corrected chi connectivity index (χ4v) is 1.77. The Kier molecular flexibility index (Phi) is 5.93. The molecular weight excluding hydrogens is 226 g/mol. The first-order chi connectivity index (χ1) is 8.15. The zero-order valence-electron chi connectivity index (χ0n) is 10.1. The van der Waals surface area contributed by atoms with Gasteiger partial charge in [-0.2, -0.15) is 0 Å². The lowest BCUT2D eigenvalue weighted by Crippen LogP contribution is -2.48. The van der Waals surface area contributed by atoms with Crippen molar-refractivity contribution in [2.45, 2.75) is 25.4 Å². The predicted octanol–water partition coefficient (Wildman–Crippen LogP) is 0.115. The molecule has 6 heteroatoms. The van der Waals surface area contributed by atoms with Gasteiger partial charge in [-0.3, -0.25) is 9.59 Å². The highest BCUT2D eigenvalue weighted by molar-refractivity contribution is 5.82. The fourth-order valence-electron chi connectivity index (χ4n) is 1.77. The first-order valence-electron chi connectivity index (χ1n) is 5.76. The van der Waals surface area contributed by atoms with E-state index in [1.165, 1.54) is 0 Å². The summed E-state index contributed by atoms with van der Waals surface area (Å²) in [7, 11) is 1.62. The van der Waals surface area contributed by atoms with E-state index in [-0.39, 0.29) is 18.7 Å². The Balaban J connectivity index is 2.36. The molecule has 0 saturated carbocycles. The molecule has 98 valence electrons. The second kappa shape index (κ2) is 7.24. The number of carbonyl (C=O) groups excluding carboxylic acids is 1. The van der Waals surface area contributed by atoms with Gasteiger partial charge in [0.1, 0.15) is 6.10 Å². The molecule has 1 rings (SSSR count). The van der Waals surface area contributed by atoms with Crippen molar-refractivity contribution in [1.82, 2.24) is 4.90 Å². The smallest absolute Gasteiger partial charge is 0.303 e. The summed E-state index contributed by atoms with van der Waals surface area (Å²) in [5.41, 5.74) is 0. The highest BCUT2D eigenvalue weighted by atomic mass is 16.5. The van der Waals surface area contributed by atoms with Crippen LogP contribution in [0.25, 0.3) is 0 Å². The molecule has 1 saturated heterocycles. The Labute approximate surface area is 100 Å². The van der Waals surface area contributed by atoms with Crippen LogP contribution in [0.2, 0.25) is 0 Å². The number of hydrogen-bond donors (Lipinski definition) is 1. The molecule has 6 nitrogen and oxygen atoms in total. The quantitative estimate of drug-likeness (QED) is 0.644. The maximum absolute atomic E-state index is 11.9. The summed E-state index contributed by atoms with van der Waals surface area (Å²) in [6.45, 7) is 2.30. The van der Waals surface area contributed by atoms with Gasteiger partial charge in [0.25, 0.3) is 5.91 Å². The van der Waals surface area contributed by atoms with Crippen molar-refractivity contribution in [1.29, 1.82) is 0 Å². The number of carboxylic acids is 1. The molecule has 1 aliphatic heterocycles. The summed E-state index contributed by atoms with van der Waals surface area (Å²) in [5, 5.41) is 8.57. The molecule has 0 aromatic heterocycles. The summed E-state index contributed by atoms with van der Waals surface area (Å²) in [6.07, 6.45) is 0.396. The predicted molar refractivity (Wildman–Crippen MR) is 59.7 cm³/mol. The van der Waals surface area contributed by atoms with Crippen LogP contribution >= 0.6 is 0 Å². The van der Waals surface area contributed by atoms with Gasteiger partial charge in [0.2, 0.25) is 0 Å². The Bertz CT molecular complexity index is 269. The van der Waals surface area contributed by atoms with Crippen molar-refractivity contribution >= 4 is 11.9 Å². The van der Waals surface area contributed by atoms with E-state index in [0.717, 1.165) is 6.42 Å². The summed E-state index contributed by atoms with van der Waals surface area (Å²) in [5.74, 6) is -1.01. The normalized spacial score (nSPS) is 20.6. The number of methoxy groups -OCH3 is 1. The third-order valence-electron chi connectivity index (χ3n) is 2.66. The zero-order chi connectivity index (χ0) is 12.7. The minimum absolute atomic E-state index is 0.0394. The van der Waals surface area contributed by atoms with Gasteiger partial charge in [0.05, 0.1) is 6.61 Å². The van der Waals surface area contributed by atoms with Crippen molar-refractivity contribution < 1.29 is 24.2 Å². The molecular formula is C11H19NO5. The Morgan fingerprint density at radius 3 is 3.06 bits per heavy atom. The SMILES string of the molecule is COCCCN1CCOC(CCC(=O)O)C1=O. The minimum atomic E-state index is -0.905. The van der Waals surface area contributed by atoms with Gasteiger partial charge >= 0.3 is 5.97 Å². The van der Waals surface area contributed by atoms with E-state index in [1.807, 2.05) is 0 Å². The average molecular weight is 245 g/mol. The van der Waals surface area contributed by atoms with Crippen molar-refractivity contribution in [2.24, 2.45) is 0 Å². The van der Waals surface area contributed by atoms with Gasteiger partial charge in [-0.1, -0.05) is 0 Å². The molecule has 1 N–H and O–H groups in total. The molecule has 1 amide bonds. The van der Waals surface area contributed by atoms with Crippen LogP contribution in [0.4, 0.5) is 0 Å². The molecule has 17 heavy (non-hydrogen) atoms. The van der Waals surface area contributed by atoms with E-state index in [0.29, 0.717) is 26.3 Å². The monoisotopic (exact) mass is 245 g/mol. The highest BCUT2D eigenvalue weighted by Crippen LogP contribution is 2.12. The van der Waals surface area contributed by atoms with Crippen LogP contribution < -0.4 is 0 Å². The lowest BCUT2D eigenvalue weighted by Gasteiger charge is -2.32. The van der Waals surface area contributed by atoms with Gasteiger partial charge in [-0.25, -0.2) is 0 Å². The second-order valence-corrected chi connectivity index (χ2v) is 3.96. The highest BCUT2D eigenvalue weighted by Gasteiger charge is 2.29. The van der Waals surface area contributed by atoms with Crippen LogP contribution in [0.1, 0.15) is 19.3 Å². The van der Waals surface area contributed by atoms with E-state index in [2.05, 4.69) is 0 Å². The number of ether oxygens (including phenoxy) is 2. The first kappa shape index (κ1) is 13.9.